The molecule has 3 heteroatoms. The lowest BCUT2D eigenvalue weighted by molar-refractivity contribution is 0.0111. The zero-order valence-electron chi connectivity index (χ0n) is 12.5. The number of benzene rings is 1. The van der Waals surface area contributed by atoms with Crippen molar-refractivity contribution in [2.24, 2.45) is 5.92 Å². The second-order valence-electron chi connectivity index (χ2n) is 7.31. The zero-order chi connectivity index (χ0) is 14.4. The van der Waals surface area contributed by atoms with E-state index in [1.807, 2.05) is 6.07 Å². The maximum absolute atomic E-state index is 10.7. The van der Waals surface area contributed by atoms with Crippen LogP contribution in [0.3, 0.4) is 0 Å². The van der Waals surface area contributed by atoms with Crippen LogP contribution in [0.15, 0.2) is 30.3 Å². The Hall–Kier alpha value is -0.900. The fourth-order valence-corrected chi connectivity index (χ4v) is 4.53. The number of hydrogen-bond donors (Lipinski definition) is 2. The van der Waals surface area contributed by atoms with Crippen LogP contribution in [0.25, 0.3) is 0 Å². The summed E-state index contributed by atoms with van der Waals surface area (Å²) >= 11 is 0. The maximum atomic E-state index is 10.7. The highest BCUT2D eigenvalue weighted by molar-refractivity contribution is 5.18. The van der Waals surface area contributed by atoms with E-state index in [1.165, 1.54) is 5.56 Å². The molecule has 0 unspecified atom stereocenters. The molecule has 2 aliphatic carbocycles. The molecule has 1 aromatic rings. The molecule has 3 fully saturated rings. The molecule has 3 aliphatic rings. The molecule has 0 aromatic heterocycles. The summed E-state index contributed by atoms with van der Waals surface area (Å²) < 4.78 is 0. The molecule has 4 rings (SSSR count). The number of likely N-dealkylation sites (tertiary alicyclic amines) is 1. The third kappa shape index (κ3) is 2.52. The van der Waals surface area contributed by atoms with Crippen LogP contribution in [0.2, 0.25) is 0 Å². The van der Waals surface area contributed by atoms with Crippen molar-refractivity contribution in [3.8, 4) is 0 Å². The average molecular weight is 287 g/mol. The molecule has 3 nitrogen and oxygen atoms in total. The second-order valence-corrected chi connectivity index (χ2v) is 7.31. The van der Waals surface area contributed by atoms with E-state index in [9.17, 15) is 10.2 Å². The van der Waals surface area contributed by atoms with E-state index in [0.29, 0.717) is 12.0 Å². The lowest BCUT2D eigenvalue weighted by atomic mass is 9.83. The van der Waals surface area contributed by atoms with Crippen LogP contribution in [0.1, 0.15) is 44.1 Å². The summed E-state index contributed by atoms with van der Waals surface area (Å²) in [7, 11) is 0. The quantitative estimate of drug-likeness (QED) is 0.896. The molecule has 2 saturated carbocycles. The molecular weight excluding hydrogens is 262 g/mol. The second kappa shape index (κ2) is 5.08. The molecule has 1 aliphatic heterocycles. The smallest absolute Gasteiger partial charge is 0.0804 e. The van der Waals surface area contributed by atoms with Gasteiger partial charge in [0.15, 0.2) is 0 Å². The molecule has 4 atom stereocenters. The van der Waals surface area contributed by atoms with Crippen LogP contribution in [0.5, 0.6) is 0 Å². The Labute approximate surface area is 126 Å². The Balaban J connectivity index is 1.59. The molecule has 0 radical (unpaired) electrons. The van der Waals surface area contributed by atoms with Crippen molar-refractivity contribution in [1.82, 2.24) is 4.90 Å². The van der Waals surface area contributed by atoms with Crippen molar-refractivity contribution in [3.05, 3.63) is 35.9 Å². The van der Waals surface area contributed by atoms with Gasteiger partial charge in [-0.15, -0.1) is 0 Å². The van der Waals surface area contributed by atoms with E-state index < -0.39 is 5.60 Å². The van der Waals surface area contributed by atoms with Gasteiger partial charge in [0.05, 0.1) is 11.7 Å². The van der Waals surface area contributed by atoms with Gasteiger partial charge in [-0.05, 0) is 50.0 Å². The summed E-state index contributed by atoms with van der Waals surface area (Å²) in [5.41, 5.74) is 0.865. The van der Waals surface area contributed by atoms with Gasteiger partial charge in [-0.25, -0.2) is 0 Å². The Kier molecular flexibility index (Phi) is 3.32. The van der Waals surface area contributed by atoms with E-state index in [2.05, 4.69) is 29.2 Å². The number of fused-ring (bicyclic) bond motifs is 1. The summed E-state index contributed by atoms with van der Waals surface area (Å²) in [4.78, 5) is 2.51. The van der Waals surface area contributed by atoms with E-state index in [1.54, 1.807) is 0 Å². The molecule has 0 spiro atoms. The zero-order valence-corrected chi connectivity index (χ0v) is 12.5. The van der Waals surface area contributed by atoms with Crippen molar-refractivity contribution in [3.63, 3.8) is 0 Å². The van der Waals surface area contributed by atoms with E-state index in [4.69, 9.17) is 0 Å². The molecule has 1 heterocycles. The van der Waals surface area contributed by atoms with Crippen LogP contribution in [0, 0.1) is 5.92 Å². The Morgan fingerprint density at radius 3 is 2.57 bits per heavy atom. The summed E-state index contributed by atoms with van der Waals surface area (Å²) in [5, 5.41) is 20.7. The maximum Gasteiger partial charge on any atom is 0.0804 e. The van der Waals surface area contributed by atoms with Gasteiger partial charge < -0.3 is 10.2 Å². The number of nitrogens with zero attached hydrogens (tertiary/aromatic N) is 1. The first kappa shape index (κ1) is 13.7. The van der Waals surface area contributed by atoms with Gasteiger partial charge in [0.1, 0.15) is 0 Å². The lowest BCUT2D eigenvalue weighted by Gasteiger charge is -2.37. The van der Waals surface area contributed by atoms with Gasteiger partial charge >= 0.3 is 0 Å². The first-order valence-corrected chi connectivity index (χ1v) is 8.36. The molecule has 21 heavy (non-hydrogen) atoms. The van der Waals surface area contributed by atoms with Crippen LogP contribution < -0.4 is 0 Å². The van der Waals surface area contributed by atoms with Crippen molar-refractivity contribution >= 4 is 0 Å². The first-order valence-electron chi connectivity index (χ1n) is 8.36. The van der Waals surface area contributed by atoms with Gasteiger partial charge in [-0.2, -0.15) is 0 Å². The predicted octanol–water partition coefficient (Wildman–Crippen LogP) is 2.32. The Bertz CT molecular complexity index is 499. The average Bonchev–Trinajstić information content (AvgIpc) is 3.14. The fraction of sp³-hybridized carbons (Fsp3) is 0.667. The molecule has 0 amide bonds. The van der Waals surface area contributed by atoms with Gasteiger partial charge in [-0.1, -0.05) is 30.3 Å². The number of rotatable bonds is 3. The van der Waals surface area contributed by atoms with Gasteiger partial charge in [0.2, 0.25) is 0 Å². The van der Waals surface area contributed by atoms with Crippen LogP contribution in [-0.4, -0.2) is 38.9 Å². The molecule has 2 N–H and O–H groups in total. The predicted molar refractivity (Wildman–Crippen MR) is 81.7 cm³/mol. The minimum atomic E-state index is -0.447. The minimum Gasteiger partial charge on any atom is -0.393 e. The normalized spacial score (nSPS) is 38.2. The fourth-order valence-electron chi connectivity index (χ4n) is 4.53. The van der Waals surface area contributed by atoms with Crippen LogP contribution >= 0.6 is 0 Å². The summed E-state index contributed by atoms with van der Waals surface area (Å²) in [6.45, 7) is 0.904. The van der Waals surface area contributed by atoms with E-state index in [-0.39, 0.29) is 12.1 Å². The molecular formula is C18H25NO2. The van der Waals surface area contributed by atoms with Gasteiger partial charge in [0, 0.05) is 18.6 Å². The Morgan fingerprint density at radius 1 is 1.10 bits per heavy atom. The third-order valence-electron chi connectivity index (χ3n) is 5.87. The Morgan fingerprint density at radius 2 is 1.86 bits per heavy atom. The molecule has 1 aromatic carbocycles. The number of aliphatic hydroxyl groups excluding tert-OH is 1. The molecule has 114 valence electrons. The largest absolute Gasteiger partial charge is 0.393 e. The highest BCUT2D eigenvalue weighted by Gasteiger charge is 2.56. The summed E-state index contributed by atoms with van der Waals surface area (Å²) in [6.07, 6.45) is 5.78. The first-order chi connectivity index (χ1) is 10.2. The molecule has 1 saturated heterocycles. The lowest BCUT2D eigenvalue weighted by Crippen LogP contribution is -2.46. The highest BCUT2D eigenvalue weighted by Crippen LogP contribution is 2.51. The third-order valence-corrected chi connectivity index (χ3v) is 5.87. The topological polar surface area (TPSA) is 43.7 Å². The monoisotopic (exact) mass is 287 g/mol. The summed E-state index contributed by atoms with van der Waals surface area (Å²) in [5.74, 6) is 0.659. The number of aliphatic hydroxyl groups is 2. The van der Waals surface area contributed by atoms with Crippen LogP contribution in [-0.2, 0) is 6.54 Å². The minimum absolute atomic E-state index is 0.155. The highest BCUT2D eigenvalue weighted by atomic mass is 16.3. The van der Waals surface area contributed by atoms with Crippen molar-refractivity contribution in [2.75, 3.05) is 0 Å². The van der Waals surface area contributed by atoms with E-state index >= 15 is 0 Å². The molecule has 0 bridgehead atoms. The van der Waals surface area contributed by atoms with Gasteiger partial charge in [0.25, 0.3) is 0 Å². The van der Waals surface area contributed by atoms with Crippen molar-refractivity contribution in [1.29, 1.82) is 0 Å². The SMILES string of the molecule is O[C@@H]1CC[C@@H]2C[C@@H](C3(O)CC3)N(Cc3ccccc3)[C@@H]2C1. The standard InChI is InChI=1S/C18H25NO2/c20-15-7-6-14-10-17(18(21)8-9-18)19(16(14)11-15)12-13-4-2-1-3-5-13/h1-5,14-17,20-21H,6-12H2/t14-,15-,16-,17+/m1/s1. The van der Waals surface area contributed by atoms with Crippen molar-refractivity contribution in [2.45, 2.75) is 68.9 Å². The van der Waals surface area contributed by atoms with E-state index in [0.717, 1.165) is 45.1 Å². The van der Waals surface area contributed by atoms with Crippen molar-refractivity contribution < 1.29 is 10.2 Å². The van der Waals surface area contributed by atoms with Gasteiger partial charge in [-0.3, -0.25) is 4.90 Å². The van der Waals surface area contributed by atoms with Crippen LogP contribution in [0.4, 0.5) is 0 Å². The summed E-state index contributed by atoms with van der Waals surface area (Å²) in [6, 6.07) is 11.3. The number of hydrogen-bond acceptors (Lipinski definition) is 3.